The summed E-state index contributed by atoms with van der Waals surface area (Å²) in [6.07, 6.45) is 2.44. The van der Waals surface area contributed by atoms with Crippen molar-refractivity contribution >= 4 is 5.69 Å². The van der Waals surface area contributed by atoms with Gasteiger partial charge in [0.05, 0.1) is 0 Å². The van der Waals surface area contributed by atoms with Gasteiger partial charge in [0.2, 0.25) is 0 Å². The highest BCUT2D eigenvalue weighted by Gasteiger charge is 2.11. The van der Waals surface area contributed by atoms with Crippen LogP contribution in [0.25, 0.3) is 0 Å². The van der Waals surface area contributed by atoms with Gasteiger partial charge in [-0.25, -0.2) is 0 Å². The molecule has 0 spiro atoms. The normalized spacial score (nSPS) is 12.5. The topological polar surface area (TPSA) is 29.3 Å². The van der Waals surface area contributed by atoms with Gasteiger partial charge in [0, 0.05) is 18.8 Å². The molecule has 0 aliphatic carbocycles. The van der Waals surface area contributed by atoms with E-state index in [1.165, 1.54) is 24.1 Å². The van der Waals surface area contributed by atoms with Gasteiger partial charge in [0.15, 0.2) is 0 Å². The maximum atomic E-state index is 5.84. The van der Waals surface area contributed by atoms with Gasteiger partial charge in [-0.15, -0.1) is 0 Å². The van der Waals surface area contributed by atoms with E-state index in [4.69, 9.17) is 5.73 Å². The maximum absolute atomic E-state index is 5.84. The molecule has 1 aromatic carbocycles. The standard InChI is InChI=1S/C15H26N2/c1-4-7-14(11-16)12-17(5-2)15-9-6-8-13(3)10-15/h6,8-10,14H,4-5,7,11-12,16H2,1-3H3. The minimum Gasteiger partial charge on any atom is -0.371 e. The number of aryl methyl sites for hydroxylation is 1. The van der Waals surface area contributed by atoms with Gasteiger partial charge in [-0.2, -0.15) is 0 Å². The first-order valence-corrected chi connectivity index (χ1v) is 6.72. The Kier molecular flexibility index (Phi) is 6.06. The van der Waals surface area contributed by atoms with Crippen LogP contribution in [0.5, 0.6) is 0 Å². The molecular weight excluding hydrogens is 208 g/mol. The molecule has 1 atom stereocenters. The van der Waals surface area contributed by atoms with Crippen molar-refractivity contribution in [2.45, 2.75) is 33.6 Å². The van der Waals surface area contributed by atoms with Crippen molar-refractivity contribution < 1.29 is 0 Å². The summed E-state index contributed by atoms with van der Waals surface area (Å²) in [5, 5.41) is 0. The van der Waals surface area contributed by atoms with Crippen LogP contribution < -0.4 is 10.6 Å². The van der Waals surface area contributed by atoms with E-state index in [0.29, 0.717) is 5.92 Å². The molecule has 2 heteroatoms. The van der Waals surface area contributed by atoms with Gasteiger partial charge < -0.3 is 10.6 Å². The number of hydrogen-bond donors (Lipinski definition) is 1. The largest absolute Gasteiger partial charge is 0.371 e. The van der Waals surface area contributed by atoms with E-state index in [0.717, 1.165) is 19.6 Å². The highest BCUT2D eigenvalue weighted by atomic mass is 15.1. The summed E-state index contributed by atoms with van der Waals surface area (Å²) in [7, 11) is 0. The van der Waals surface area contributed by atoms with Gasteiger partial charge >= 0.3 is 0 Å². The molecule has 0 aromatic heterocycles. The Morgan fingerprint density at radius 3 is 2.59 bits per heavy atom. The van der Waals surface area contributed by atoms with Crippen molar-refractivity contribution in [3.63, 3.8) is 0 Å². The highest BCUT2D eigenvalue weighted by molar-refractivity contribution is 5.48. The van der Waals surface area contributed by atoms with E-state index in [9.17, 15) is 0 Å². The van der Waals surface area contributed by atoms with Gasteiger partial charge in [0.1, 0.15) is 0 Å². The second kappa shape index (κ2) is 7.33. The molecule has 0 amide bonds. The van der Waals surface area contributed by atoms with Crippen molar-refractivity contribution in [3.8, 4) is 0 Å². The summed E-state index contributed by atoms with van der Waals surface area (Å²) in [6.45, 7) is 9.49. The van der Waals surface area contributed by atoms with Crippen LogP contribution in [0.15, 0.2) is 24.3 Å². The second-order valence-electron chi connectivity index (χ2n) is 4.77. The van der Waals surface area contributed by atoms with Crippen LogP contribution >= 0.6 is 0 Å². The lowest BCUT2D eigenvalue weighted by atomic mass is 10.0. The van der Waals surface area contributed by atoms with E-state index in [-0.39, 0.29) is 0 Å². The molecule has 17 heavy (non-hydrogen) atoms. The van der Waals surface area contributed by atoms with Crippen molar-refractivity contribution in [1.82, 2.24) is 0 Å². The SMILES string of the molecule is CCCC(CN)CN(CC)c1cccc(C)c1. The average molecular weight is 234 g/mol. The predicted molar refractivity (Wildman–Crippen MR) is 76.5 cm³/mol. The van der Waals surface area contributed by atoms with Gasteiger partial charge in [-0.05, 0) is 50.4 Å². The van der Waals surface area contributed by atoms with Crippen LogP contribution in [-0.2, 0) is 0 Å². The van der Waals surface area contributed by atoms with Crippen LogP contribution in [0.1, 0.15) is 32.3 Å². The summed E-state index contributed by atoms with van der Waals surface area (Å²) in [4.78, 5) is 2.43. The molecule has 1 unspecified atom stereocenters. The minimum atomic E-state index is 0.612. The summed E-state index contributed by atoms with van der Waals surface area (Å²) in [5.41, 5.74) is 8.48. The van der Waals surface area contributed by atoms with Crippen molar-refractivity contribution in [2.24, 2.45) is 11.7 Å². The zero-order chi connectivity index (χ0) is 12.7. The third-order valence-corrected chi connectivity index (χ3v) is 3.26. The van der Waals surface area contributed by atoms with Gasteiger partial charge in [-0.1, -0.05) is 25.5 Å². The number of nitrogens with zero attached hydrogens (tertiary/aromatic N) is 1. The molecule has 0 saturated carbocycles. The number of hydrogen-bond acceptors (Lipinski definition) is 2. The number of rotatable bonds is 7. The molecule has 0 heterocycles. The molecule has 0 aliphatic heterocycles. The molecule has 96 valence electrons. The third kappa shape index (κ3) is 4.39. The Morgan fingerprint density at radius 2 is 2.06 bits per heavy atom. The lowest BCUT2D eigenvalue weighted by Crippen LogP contribution is -2.32. The Morgan fingerprint density at radius 1 is 1.29 bits per heavy atom. The molecule has 0 bridgehead atoms. The first-order valence-electron chi connectivity index (χ1n) is 6.72. The smallest absolute Gasteiger partial charge is 0.0368 e. The van der Waals surface area contributed by atoms with Crippen LogP contribution in [0.4, 0.5) is 5.69 Å². The molecule has 0 saturated heterocycles. The van der Waals surface area contributed by atoms with Gasteiger partial charge in [-0.3, -0.25) is 0 Å². The Balaban J connectivity index is 2.70. The first kappa shape index (κ1) is 14.0. The Hall–Kier alpha value is -1.02. The average Bonchev–Trinajstić information content (AvgIpc) is 2.34. The molecular formula is C15H26N2. The van der Waals surface area contributed by atoms with E-state index < -0.39 is 0 Å². The van der Waals surface area contributed by atoms with Crippen molar-refractivity contribution in [1.29, 1.82) is 0 Å². The van der Waals surface area contributed by atoms with Crippen LogP contribution in [0.3, 0.4) is 0 Å². The van der Waals surface area contributed by atoms with Gasteiger partial charge in [0.25, 0.3) is 0 Å². The first-order chi connectivity index (χ1) is 8.21. The monoisotopic (exact) mass is 234 g/mol. The van der Waals surface area contributed by atoms with E-state index in [1.807, 2.05) is 0 Å². The third-order valence-electron chi connectivity index (χ3n) is 3.26. The zero-order valence-corrected chi connectivity index (χ0v) is 11.4. The molecule has 1 aromatic rings. The van der Waals surface area contributed by atoms with E-state index in [1.54, 1.807) is 0 Å². The Labute approximate surface area is 106 Å². The number of anilines is 1. The second-order valence-corrected chi connectivity index (χ2v) is 4.77. The predicted octanol–water partition coefficient (Wildman–Crippen LogP) is 3.20. The summed E-state index contributed by atoms with van der Waals surface area (Å²) in [5.74, 6) is 0.612. The van der Waals surface area contributed by atoms with Crippen LogP contribution in [-0.4, -0.2) is 19.6 Å². The molecule has 0 fully saturated rings. The fraction of sp³-hybridized carbons (Fsp3) is 0.600. The molecule has 0 aliphatic rings. The fourth-order valence-electron chi connectivity index (χ4n) is 2.25. The quantitative estimate of drug-likeness (QED) is 0.785. The van der Waals surface area contributed by atoms with Crippen LogP contribution in [0.2, 0.25) is 0 Å². The summed E-state index contributed by atoms with van der Waals surface area (Å²) >= 11 is 0. The molecule has 1 rings (SSSR count). The summed E-state index contributed by atoms with van der Waals surface area (Å²) in [6, 6.07) is 8.72. The van der Waals surface area contributed by atoms with E-state index in [2.05, 4.69) is 49.9 Å². The maximum Gasteiger partial charge on any atom is 0.0368 e. The van der Waals surface area contributed by atoms with Crippen molar-refractivity contribution in [2.75, 3.05) is 24.5 Å². The molecule has 2 N–H and O–H groups in total. The highest BCUT2D eigenvalue weighted by Crippen LogP contribution is 2.18. The van der Waals surface area contributed by atoms with Crippen LogP contribution in [0, 0.1) is 12.8 Å². The minimum absolute atomic E-state index is 0.612. The zero-order valence-electron chi connectivity index (χ0n) is 11.4. The lowest BCUT2D eigenvalue weighted by molar-refractivity contribution is 0.483. The van der Waals surface area contributed by atoms with E-state index >= 15 is 0 Å². The lowest BCUT2D eigenvalue weighted by Gasteiger charge is -2.28. The van der Waals surface area contributed by atoms with Crippen molar-refractivity contribution in [3.05, 3.63) is 29.8 Å². The number of nitrogens with two attached hydrogens (primary N) is 1. The molecule has 2 nitrogen and oxygen atoms in total. The summed E-state index contributed by atoms with van der Waals surface area (Å²) < 4.78 is 0. The fourth-order valence-corrected chi connectivity index (χ4v) is 2.25. The molecule has 0 radical (unpaired) electrons. The number of benzene rings is 1. The Bertz CT molecular complexity index is 322.